The molecule has 1 saturated carbocycles. The van der Waals surface area contributed by atoms with Crippen molar-refractivity contribution in [2.75, 3.05) is 0 Å². The molecule has 6 heteroatoms. The molecule has 0 saturated heterocycles. The molecule has 1 aliphatic carbocycles. The van der Waals surface area contributed by atoms with E-state index in [1.54, 1.807) is 25.1 Å². The molecule has 19 heavy (non-hydrogen) atoms. The number of carbonyl (C=O) groups is 2. The van der Waals surface area contributed by atoms with Gasteiger partial charge in [-0.15, -0.1) is 0 Å². The Balaban J connectivity index is 2.25. The van der Waals surface area contributed by atoms with Crippen LogP contribution in [-0.2, 0) is 4.79 Å². The fourth-order valence-corrected chi connectivity index (χ4v) is 2.75. The summed E-state index contributed by atoms with van der Waals surface area (Å²) in [5.41, 5.74) is -0.777. The number of nitrogens with one attached hydrogen (secondary N) is 1. The van der Waals surface area contributed by atoms with Gasteiger partial charge in [0.25, 0.3) is 5.91 Å². The number of carbonyl (C=O) groups excluding carboxylic acids is 1. The Morgan fingerprint density at radius 1 is 1.37 bits per heavy atom. The summed E-state index contributed by atoms with van der Waals surface area (Å²) in [4.78, 5) is 23.6. The van der Waals surface area contributed by atoms with Gasteiger partial charge in [0.15, 0.2) is 0 Å². The van der Waals surface area contributed by atoms with Crippen LogP contribution in [0, 0.1) is 5.92 Å². The molecule has 1 amide bonds. The SMILES string of the molecule is CC(NC(=O)c1cc(Br)ccc1Br)(C(=O)O)C1CC1. The molecule has 1 fully saturated rings. The van der Waals surface area contributed by atoms with Crippen LogP contribution >= 0.6 is 31.9 Å². The summed E-state index contributed by atoms with van der Waals surface area (Å²) >= 11 is 6.60. The molecule has 0 radical (unpaired) electrons. The van der Waals surface area contributed by atoms with E-state index in [9.17, 15) is 14.7 Å². The second kappa shape index (κ2) is 5.25. The quantitative estimate of drug-likeness (QED) is 0.829. The molecular weight excluding hydrogens is 378 g/mol. The lowest BCUT2D eigenvalue weighted by Crippen LogP contribution is -2.54. The van der Waals surface area contributed by atoms with Crippen molar-refractivity contribution in [3.63, 3.8) is 0 Å². The zero-order chi connectivity index (χ0) is 14.2. The maximum Gasteiger partial charge on any atom is 0.329 e. The maximum absolute atomic E-state index is 12.2. The number of amides is 1. The van der Waals surface area contributed by atoms with E-state index in [-0.39, 0.29) is 11.8 Å². The third kappa shape index (κ3) is 3.00. The maximum atomic E-state index is 12.2. The molecule has 2 N–H and O–H groups in total. The minimum absolute atomic E-state index is 0.0138. The Morgan fingerprint density at radius 2 is 2.00 bits per heavy atom. The van der Waals surface area contributed by atoms with E-state index in [1.807, 2.05) is 0 Å². The molecule has 0 aromatic heterocycles. The van der Waals surface area contributed by atoms with Crippen molar-refractivity contribution in [2.45, 2.75) is 25.3 Å². The third-order valence-corrected chi connectivity index (χ3v) is 4.57. The fourth-order valence-electron chi connectivity index (χ4n) is 1.97. The standard InChI is InChI=1S/C13H13Br2NO3/c1-13(12(18)19,7-2-3-7)16-11(17)9-6-8(14)4-5-10(9)15/h4-7H,2-3H2,1H3,(H,16,17)(H,18,19). The molecule has 1 aliphatic rings. The van der Waals surface area contributed by atoms with Crippen molar-refractivity contribution in [3.05, 3.63) is 32.7 Å². The molecule has 2 rings (SSSR count). The highest BCUT2D eigenvalue weighted by atomic mass is 79.9. The van der Waals surface area contributed by atoms with Crippen LogP contribution in [0.1, 0.15) is 30.1 Å². The van der Waals surface area contributed by atoms with Crippen molar-refractivity contribution in [1.82, 2.24) is 5.32 Å². The summed E-state index contributed by atoms with van der Waals surface area (Å²) in [6, 6.07) is 5.21. The Hall–Kier alpha value is -0.880. The van der Waals surface area contributed by atoms with Gasteiger partial charge in [-0.05, 0) is 59.8 Å². The van der Waals surface area contributed by atoms with Crippen LogP contribution in [0.25, 0.3) is 0 Å². The largest absolute Gasteiger partial charge is 0.480 e. The summed E-state index contributed by atoms with van der Waals surface area (Å²) < 4.78 is 1.40. The lowest BCUT2D eigenvalue weighted by molar-refractivity contribution is -0.144. The zero-order valence-electron chi connectivity index (χ0n) is 10.2. The van der Waals surface area contributed by atoms with Crippen LogP contribution in [0.3, 0.4) is 0 Å². The summed E-state index contributed by atoms with van der Waals surface area (Å²) in [5, 5.41) is 12.0. The van der Waals surface area contributed by atoms with Crippen molar-refractivity contribution < 1.29 is 14.7 Å². The Kier molecular flexibility index (Phi) is 4.01. The second-order valence-corrected chi connectivity index (χ2v) is 6.63. The lowest BCUT2D eigenvalue weighted by atomic mass is 9.95. The van der Waals surface area contributed by atoms with Crippen LogP contribution < -0.4 is 5.32 Å². The fraction of sp³-hybridized carbons (Fsp3) is 0.385. The Labute approximate surface area is 127 Å². The summed E-state index contributed by atoms with van der Waals surface area (Å²) in [7, 11) is 0. The van der Waals surface area contributed by atoms with Crippen LogP contribution in [0.5, 0.6) is 0 Å². The molecule has 102 valence electrons. The van der Waals surface area contributed by atoms with Gasteiger partial charge in [0.1, 0.15) is 5.54 Å². The van der Waals surface area contributed by atoms with Gasteiger partial charge in [0.05, 0.1) is 5.56 Å². The number of rotatable bonds is 4. The third-order valence-electron chi connectivity index (χ3n) is 3.38. The van der Waals surface area contributed by atoms with Gasteiger partial charge in [-0.1, -0.05) is 15.9 Å². The van der Waals surface area contributed by atoms with Gasteiger partial charge >= 0.3 is 5.97 Å². The smallest absolute Gasteiger partial charge is 0.329 e. The normalized spacial score (nSPS) is 17.6. The number of carboxylic acids is 1. The van der Waals surface area contributed by atoms with Crippen molar-refractivity contribution >= 4 is 43.7 Å². The predicted molar refractivity (Wildman–Crippen MR) is 78.1 cm³/mol. The van der Waals surface area contributed by atoms with Crippen LogP contribution in [-0.4, -0.2) is 22.5 Å². The highest BCUT2D eigenvalue weighted by Gasteiger charge is 2.48. The lowest BCUT2D eigenvalue weighted by Gasteiger charge is -2.26. The number of aliphatic carboxylic acids is 1. The zero-order valence-corrected chi connectivity index (χ0v) is 13.4. The van der Waals surface area contributed by atoms with E-state index in [1.165, 1.54) is 0 Å². The number of hydrogen-bond acceptors (Lipinski definition) is 2. The van der Waals surface area contributed by atoms with E-state index in [0.29, 0.717) is 10.0 Å². The first-order valence-corrected chi connectivity index (χ1v) is 7.44. The van der Waals surface area contributed by atoms with E-state index in [0.717, 1.165) is 17.3 Å². The monoisotopic (exact) mass is 389 g/mol. The van der Waals surface area contributed by atoms with Gasteiger partial charge in [0, 0.05) is 8.95 Å². The summed E-state index contributed by atoms with van der Waals surface area (Å²) in [5.74, 6) is -1.36. The molecule has 1 atom stereocenters. The average Bonchev–Trinajstić information content (AvgIpc) is 3.16. The number of carboxylic acid groups (broad SMARTS) is 1. The van der Waals surface area contributed by atoms with Crippen molar-refractivity contribution in [3.8, 4) is 0 Å². The Morgan fingerprint density at radius 3 is 2.53 bits per heavy atom. The first-order valence-electron chi connectivity index (χ1n) is 5.85. The topological polar surface area (TPSA) is 66.4 Å². The number of hydrogen-bond donors (Lipinski definition) is 2. The summed E-state index contributed by atoms with van der Waals surface area (Å²) in [6.07, 6.45) is 1.67. The van der Waals surface area contributed by atoms with Crippen molar-refractivity contribution in [1.29, 1.82) is 0 Å². The Bertz CT molecular complexity index is 543. The molecule has 1 aromatic rings. The summed E-state index contributed by atoms with van der Waals surface area (Å²) in [6.45, 7) is 1.57. The van der Waals surface area contributed by atoms with Gasteiger partial charge in [0.2, 0.25) is 0 Å². The van der Waals surface area contributed by atoms with E-state index in [4.69, 9.17) is 0 Å². The van der Waals surface area contributed by atoms with Gasteiger partial charge in [-0.25, -0.2) is 4.79 Å². The van der Waals surface area contributed by atoms with E-state index < -0.39 is 11.5 Å². The van der Waals surface area contributed by atoms with Gasteiger partial charge < -0.3 is 10.4 Å². The molecular formula is C13H13Br2NO3. The highest BCUT2D eigenvalue weighted by Crippen LogP contribution is 2.40. The molecule has 1 unspecified atom stereocenters. The minimum atomic E-state index is -1.20. The molecule has 1 aromatic carbocycles. The van der Waals surface area contributed by atoms with Gasteiger partial charge in [-0.3, -0.25) is 4.79 Å². The molecule has 0 spiro atoms. The molecule has 0 bridgehead atoms. The molecule has 4 nitrogen and oxygen atoms in total. The van der Waals surface area contributed by atoms with Crippen molar-refractivity contribution in [2.24, 2.45) is 5.92 Å². The predicted octanol–water partition coefficient (Wildman–Crippen LogP) is 3.19. The molecule has 0 aliphatic heterocycles. The number of benzene rings is 1. The first kappa shape index (κ1) is 14.5. The van der Waals surface area contributed by atoms with Crippen LogP contribution in [0.4, 0.5) is 0 Å². The van der Waals surface area contributed by atoms with E-state index in [2.05, 4.69) is 37.2 Å². The highest BCUT2D eigenvalue weighted by molar-refractivity contribution is 9.11. The van der Waals surface area contributed by atoms with Crippen LogP contribution in [0.15, 0.2) is 27.1 Å². The number of halogens is 2. The van der Waals surface area contributed by atoms with Gasteiger partial charge in [-0.2, -0.15) is 0 Å². The average molecular weight is 391 g/mol. The first-order chi connectivity index (χ1) is 8.84. The molecule has 0 heterocycles. The van der Waals surface area contributed by atoms with E-state index >= 15 is 0 Å². The van der Waals surface area contributed by atoms with Crippen LogP contribution in [0.2, 0.25) is 0 Å². The second-order valence-electron chi connectivity index (χ2n) is 4.86. The minimum Gasteiger partial charge on any atom is -0.480 e.